The highest BCUT2D eigenvalue weighted by Crippen LogP contribution is 2.31. The number of terminal acetylenes is 1. The average Bonchev–Trinajstić information content (AvgIpc) is 2.64. The van der Waals surface area contributed by atoms with Gasteiger partial charge in [0.25, 0.3) is 0 Å². The van der Waals surface area contributed by atoms with E-state index < -0.39 is 0 Å². The normalized spacial score (nSPS) is 10.4. The Morgan fingerprint density at radius 1 is 1.08 bits per heavy atom. The maximum absolute atomic E-state index is 9.46. The van der Waals surface area contributed by atoms with E-state index in [2.05, 4.69) is 12.0 Å². The lowest BCUT2D eigenvalue weighted by Crippen LogP contribution is -1.93. The molecule has 0 aliphatic carbocycles. The van der Waals surface area contributed by atoms with Gasteiger partial charge in [-0.25, -0.2) is 0 Å². The first-order chi connectivity index (χ1) is 11.7. The molecule has 0 fully saturated rings. The number of methoxy groups -OCH3 is 2. The Hall–Kier alpha value is -3.37. The summed E-state index contributed by atoms with van der Waals surface area (Å²) >= 11 is 0. The number of rotatable bonds is 6. The first-order valence-electron chi connectivity index (χ1n) is 7.22. The number of hydrogen-bond acceptors (Lipinski definition) is 4. The molecule has 0 aromatic heterocycles. The van der Waals surface area contributed by atoms with Gasteiger partial charge < -0.3 is 14.2 Å². The highest BCUT2D eigenvalue weighted by molar-refractivity contribution is 5.90. The van der Waals surface area contributed by atoms with E-state index in [-0.39, 0.29) is 6.61 Å². The highest BCUT2D eigenvalue weighted by atomic mass is 16.5. The van der Waals surface area contributed by atoms with E-state index in [0.29, 0.717) is 22.8 Å². The predicted octanol–water partition coefficient (Wildman–Crippen LogP) is 3.78. The first kappa shape index (κ1) is 17.0. The Morgan fingerprint density at radius 3 is 2.38 bits per heavy atom. The minimum atomic E-state index is 0.226. The third kappa shape index (κ3) is 4.09. The van der Waals surface area contributed by atoms with Crippen LogP contribution in [-0.2, 0) is 0 Å². The van der Waals surface area contributed by atoms with Crippen LogP contribution < -0.4 is 14.2 Å². The van der Waals surface area contributed by atoms with E-state index >= 15 is 0 Å². The van der Waals surface area contributed by atoms with Gasteiger partial charge in [-0.1, -0.05) is 18.1 Å². The highest BCUT2D eigenvalue weighted by Gasteiger charge is 2.08. The fourth-order valence-electron chi connectivity index (χ4n) is 2.14. The van der Waals surface area contributed by atoms with Crippen molar-refractivity contribution in [1.29, 1.82) is 5.26 Å². The molecule has 4 heteroatoms. The predicted molar refractivity (Wildman–Crippen MR) is 93.8 cm³/mol. The van der Waals surface area contributed by atoms with Crippen LogP contribution >= 0.6 is 0 Å². The quantitative estimate of drug-likeness (QED) is 0.462. The van der Waals surface area contributed by atoms with Crippen LogP contribution in [0.1, 0.15) is 11.1 Å². The monoisotopic (exact) mass is 319 g/mol. The lowest BCUT2D eigenvalue weighted by atomic mass is 10.0. The summed E-state index contributed by atoms with van der Waals surface area (Å²) in [5.74, 6) is 4.30. The Morgan fingerprint density at radius 2 is 1.79 bits per heavy atom. The van der Waals surface area contributed by atoms with Crippen molar-refractivity contribution in [2.75, 3.05) is 20.8 Å². The molecule has 0 spiro atoms. The average molecular weight is 319 g/mol. The van der Waals surface area contributed by atoms with Gasteiger partial charge >= 0.3 is 0 Å². The molecule has 2 rings (SSSR count). The molecule has 2 aromatic carbocycles. The summed E-state index contributed by atoms with van der Waals surface area (Å²) in [5.41, 5.74) is 2.16. The maximum Gasteiger partial charge on any atom is 0.161 e. The van der Waals surface area contributed by atoms with Crippen LogP contribution in [0.4, 0.5) is 0 Å². The van der Waals surface area contributed by atoms with Gasteiger partial charge in [-0.15, -0.1) is 6.42 Å². The number of allylic oxidation sites excluding steroid dienone is 1. The van der Waals surface area contributed by atoms with Gasteiger partial charge in [0.2, 0.25) is 0 Å². The van der Waals surface area contributed by atoms with Crippen molar-refractivity contribution in [3.8, 4) is 35.7 Å². The summed E-state index contributed by atoms with van der Waals surface area (Å²) in [7, 11) is 3.13. The number of ether oxygens (including phenoxy) is 3. The second-order valence-electron chi connectivity index (χ2n) is 4.80. The fraction of sp³-hybridized carbons (Fsp3) is 0.150. The van der Waals surface area contributed by atoms with Crippen LogP contribution in [-0.4, -0.2) is 20.8 Å². The van der Waals surface area contributed by atoms with Crippen molar-refractivity contribution in [3.05, 3.63) is 53.6 Å². The molecule has 0 radical (unpaired) electrons. The van der Waals surface area contributed by atoms with Gasteiger partial charge in [-0.3, -0.25) is 0 Å². The molecule has 0 aliphatic heterocycles. The molecule has 2 aromatic rings. The van der Waals surface area contributed by atoms with Gasteiger partial charge in [-0.05, 0) is 47.5 Å². The van der Waals surface area contributed by atoms with Crippen molar-refractivity contribution in [1.82, 2.24) is 0 Å². The third-order valence-electron chi connectivity index (χ3n) is 3.33. The second-order valence-corrected chi connectivity index (χ2v) is 4.80. The summed E-state index contributed by atoms with van der Waals surface area (Å²) in [6, 6.07) is 14.9. The van der Waals surface area contributed by atoms with Gasteiger partial charge in [-0.2, -0.15) is 5.26 Å². The largest absolute Gasteiger partial charge is 0.493 e. The first-order valence-corrected chi connectivity index (χ1v) is 7.22. The van der Waals surface area contributed by atoms with E-state index in [1.165, 1.54) is 0 Å². The molecule has 0 amide bonds. The molecule has 0 saturated carbocycles. The molecule has 0 atom stereocenters. The van der Waals surface area contributed by atoms with Crippen molar-refractivity contribution < 1.29 is 14.2 Å². The van der Waals surface area contributed by atoms with Gasteiger partial charge in [0.05, 0.1) is 25.9 Å². The van der Waals surface area contributed by atoms with E-state index in [1.807, 2.05) is 30.3 Å². The Kier molecular flexibility index (Phi) is 5.88. The molecule has 0 unspecified atom stereocenters. The Labute approximate surface area is 141 Å². The molecule has 0 bridgehead atoms. The van der Waals surface area contributed by atoms with E-state index in [9.17, 15) is 5.26 Å². The van der Waals surface area contributed by atoms with E-state index in [0.717, 1.165) is 11.1 Å². The zero-order valence-electron chi connectivity index (χ0n) is 13.6. The number of nitriles is 1. The number of hydrogen-bond donors (Lipinski definition) is 0. The second kappa shape index (κ2) is 8.31. The smallest absolute Gasteiger partial charge is 0.161 e. The summed E-state index contributed by atoms with van der Waals surface area (Å²) in [5, 5.41) is 9.46. The molecular formula is C20H17NO3. The molecule has 0 aliphatic rings. The zero-order chi connectivity index (χ0) is 17.4. The summed E-state index contributed by atoms with van der Waals surface area (Å²) < 4.78 is 15.8. The number of nitrogens with zero attached hydrogens (tertiary/aromatic N) is 1. The van der Waals surface area contributed by atoms with Crippen LogP contribution in [0.3, 0.4) is 0 Å². The van der Waals surface area contributed by atoms with E-state index in [4.69, 9.17) is 20.6 Å². The summed E-state index contributed by atoms with van der Waals surface area (Å²) in [4.78, 5) is 0. The van der Waals surface area contributed by atoms with E-state index in [1.54, 1.807) is 32.4 Å². The van der Waals surface area contributed by atoms with Gasteiger partial charge in [0.15, 0.2) is 11.5 Å². The van der Waals surface area contributed by atoms with Crippen molar-refractivity contribution in [3.63, 3.8) is 0 Å². The lowest BCUT2D eigenvalue weighted by Gasteiger charge is -2.09. The zero-order valence-corrected chi connectivity index (χ0v) is 13.6. The van der Waals surface area contributed by atoms with Crippen molar-refractivity contribution in [2.24, 2.45) is 0 Å². The van der Waals surface area contributed by atoms with Gasteiger partial charge in [0, 0.05) is 0 Å². The van der Waals surface area contributed by atoms with Crippen molar-refractivity contribution >= 4 is 11.6 Å². The lowest BCUT2D eigenvalue weighted by molar-refractivity contribution is 0.355. The van der Waals surface area contributed by atoms with Crippen LogP contribution in [0.5, 0.6) is 17.2 Å². The Bertz CT molecular complexity index is 808. The molecular weight excluding hydrogens is 302 g/mol. The van der Waals surface area contributed by atoms with Crippen LogP contribution in [0, 0.1) is 23.7 Å². The minimum Gasteiger partial charge on any atom is -0.493 e. The molecule has 4 nitrogen and oxygen atoms in total. The summed E-state index contributed by atoms with van der Waals surface area (Å²) in [6.45, 7) is 0.226. The molecule has 120 valence electrons. The molecule has 24 heavy (non-hydrogen) atoms. The topological polar surface area (TPSA) is 51.5 Å². The SMILES string of the molecule is C#CCOc1ccc(/C=C(\C#N)c2ccc(OC)c(OC)c2)cc1. The van der Waals surface area contributed by atoms with Crippen LogP contribution in [0.15, 0.2) is 42.5 Å². The number of benzene rings is 2. The molecule has 0 heterocycles. The third-order valence-corrected chi connectivity index (χ3v) is 3.33. The fourth-order valence-corrected chi connectivity index (χ4v) is 2.14. The maximum atomic E-state index is 9.46. The van der Waals surface area contributed by atoms with Crippen LogP contribution in [0.25, 0.3) is 11.6 Å². The standard InChI is InChI=1S/C20H17NO3/c1-4-11-24-18-8-5-15(6-9-18)12-17(14-21)16-7-10-19(22-2)20(13-16)23-3/h1,5-10,12-13H,11H2,2-3H3/b17-12+. The van der Waals surface area contributed by atoms with Crippen LogP contribution in [0.2, 0.25) is 0 Å². The van der Waals surface area contributed by atoms with Crippen molar-refractivity contribution in [2.45, 2.75) is 0 Å². The minimum absolute atomic E-state index is 0.226. The molecule has 0 N–H and O–H groups in total. The Balaban J connectivity index is 2.29. The van der Waals surface area contributed by atoms with Gasteiger partial charge in [0.1, 0.15) is 12.4 Å². The summed E-state index contributed by atoms with van der Waals surface area (Å²) in [6.07, 6.45) is 6.96. The molecule has 0 saturated heterocycles.